The number of benzene rings is 2. The van der Waals surface area contributed by atoms with Crippen molar-refractivity contribution >= 4 is 21.6 Å². The molecule has 0 saturated carbocycles. The fourth-order valence-corrected chi connectivity index (χ4v) is 4.76. The van der Waals surface area contributed by atoms with E-state index in [4.69, 9.17) is 14.7 Å². The monoisotopic (exact) mass is 475 g/mol. The second-order valence-corrected chi connectivity index (χ2v) is 9.41. The molecule has 2 aromatic rings. The minimum Gasteiger partial charge on any atom is -0.493 e. The number of nitrogens with one attached hydrogen (secondary N) is 1. The first-order chi connectivity index (χ1) is 15.9. The van der Waals surface area contributed by atoms with Crippen LogP contribution in [0, 0.1) is 0 Å². The van der Waals surface area contributed by atoms with Gasteiger partial charge >= 0.3 is 0 Å². The Morgan fingerprint density at radius 1 is 1.15 bits per heavy atom. The molecule has 0 radical (unpaired) electrons. The van der Waals surface area contributed by atoms with Gasteiger partial charge in [0.05, 0.1) is 31.3 Å². The molecule has 0 unspecified atom stereocenters. The highest BCUT2D eigenvalue weighted by molar-refractivity contribution is 7.89. The summed E-state index contributed by atoms with van der Waals surface area (Å²) in [6, 6.07) is 13.5. The van der Waals surface area contributed by atoms with Crippen molar-refractivity contribution in [1.82, 2.24) is 9.79 Å². The van der Waals surface area contributed by atoms with Gasteiger partial charge in [0.15, 0.2) is 0 Å². The van der Waals surface area contributed by atoms with Crippen LogP contribution in [0.3, 0.4) is 0 Å². The highest BCUT2D eigenvalue weighted by atomic mass is 32.2. The molecule has 1 aliphatic heterocycles. The van der Waals surface area contributed by atoms with Crippen molar-refractivity contribution in [2.45, 2.75) is 17.9 Å². The number of hydroxylamine groups is 1. The van der Waals surface area contributed by atoms with E-state index in [1.807, 2.05) is 24.3 Å². The van der Waals surface area contributed by atoms with Crippen LogP contribution < -0.4 is 15.1 Å². The molecule has 1 fully saturated rings. The topological polar surface area (TPSA) is 108 Å². The maximum atomic E-state index is 13.3. The van der Waals surface area contributed by atoms with Crippen LogP contribution in [0.4, 0.5) is 5.69 Å². The van der Waals surface area contributed by atoms with Crippen LogP contribution in [0.15, 0.2) is 66.1 Å². The summed E-state index contributed by atoms with van der Waals surface area (Å²) in [5.74, 6) is -0.290. The summed E-state index contributed by atoms with van der Waals surface area (Å²) < 4.78 is 38.4. The first-order valence-corrected chi connectivity index (χ1v) is 12.1. The lowest BCUT2D eigenvalue weighted by atomic mass is 10.2. The molecule has 3 rings (SSSR count). The number of rotatable bonds is 11. The van der Waals surface area contributed by atoms with Crippen molar-refractivity contribution in [2.75, 3.05) is 44.4 Å². The van der Waals surface area contributed by atoms with Crippen molar-refractivity contribution in [3.63, 3.8) is 0 Å². The SMILES string of the molecule is C=CCCOc1ccc(S(=O)(=O)N(CC(=O)NO)Cc2ccc(N3CCOCC3)cc2)cc1. The third-order valence-corrected chi connectivity index (χ3v) is 6.97. The average Bonchev–Trinajstić information content (AvgIpc) is 2.85. The van der Waals surface area contributed by atoms with Crippen LogP contribution in [-0.2, 0) is 26.1 Å². The number of sulfonamides is 1. The van der Waals surface area contributed by atoms with Gasteiger partial charge < -0.3 is 14.4 Å². The fourth-order valence-electron chi connectivity index (χ4n) is 3.38. The van der Waals surface area contributed by atoms with E-state index in [-0.39, 0.29) is 11.4 Å². The summed E-state index contributed by atoms with van der Waals surface area (Å²) >= 11 is 0. The lowest BCUT2D eigenvalue weighted by Gasteiger charge is -2.29. The summed E-state index contributed by atoms with van der Waals surface area (Å²) in [7, 11) is -4.01. The molecule has 1 saturated heterocycles. The van der Waals surface area contributed by atoms with Crippen LogP contribution in [-0.4, -0.2) is 63.3 Å². The molecule has 0 aliphatic carbocycles. The van der Waals surface area contributed by atoms with Gasteiger partial charge in [-0.3, -0.25) is 10.0 Å². The molecule has 2 aromatic carbocycles. The van der Waals surface area contributed by atoms with Gasteiger partial charge in [0, 0.05) is 25.3 Å². The first-order valence-electron chi connectivity index (χ1n) is 10.6. The number of carbonyl (C=O) groups excluding carboxylic acids is 1. The van der Waals surface area contributed by atoms with E-state index >= 15 is 0 Å². The maximum absolute atomic E-state index is 13.3. The number of amides is 1. The molecule has 0 spiro atoms. The third-order valence-electron chi connectivity index (χ3n) is 5.17. The Morgan fingerprint density at radius 2 is 1.82 bits per heavy atom. The van der Waals surface area contributed by atoms with Gasteiger partial charge in [-0.2, -0.15) is 4.31 Å². The molecule has 0 aromatic heterocycles. The quantitative estimate of drug-likeness (QED) is 0.222. The minimum absolute atomic E-state index is 0.0225. The van der Waals surface area contributed by atoms with Crippen LogP contribution >= 0.6 is 0 Å². The zero-order chi connectivity index (χ0) is 23.7. The Morgan fingerprint density at radius 3 is 2.42 bits per heavy atom. The summed E-state index contributed by atoms with van der Waals surface area (Å²) in [5.41, 5.74) is 3.24. The highest BCUT2D eigenvalue weighted by Crippen LogP contribution is 2.23. The maximum Gasteiger partial charge on any atom is 0.258 e. The first kappa shape index (κ1) is 24.7. The summed E-state index contributed by atoms with van der Waals surface area (Å²) in [4.78, 5) is 14.1. The number of anilines is 1. The summed E-state index contributed by atoms with van der Waals surface area (Å²) in [6.45, 7) is 6.44. The molecule has 178 valence electrons. The molecule has 1 amide bonds. The number of ether oxygens (including phenoxy) is 2. The standard InChI is InChI=1S/C23H29N3O6S/c1-2-3-14-32-21-8-10-22(11-9-21)33(29,30)26(18-23(27)24-28)17-19-4-6-20(7-5-19)25-12-15-31-16-13-25/h2,4-11,28H,1,3,12-18H2,(H,24,27). The predicted molar refractivity (Wildman–Crippen MR) is 124 cm³/mol. The lowest BCUT2D eigenvalue weighted by Crippen LogP contribution is -2.39. The molecule has 1 heterocycles. The molecule has 9 nitrogen and oxygen atoms in total. The van der Waals surface area contributed by atoms with E-state index in [1.54, 1.807) is 18.2 Å². The molecule has 2 N–H and O–H groups in total. The zero-order valence-electron chi connectivity index (χ0n) is 18.4. The van der Waals surface area contributed by atoms with E-state index in [0.29, 0.717) is 37.6 Å². The van der Waals surface area contributed by atoms with E-state index in [2.05, 4.69) is 11.5 Å². The average molecular weight is 476 g/mol. The second kappa shape index (κ2) is 11.8. The Hall–Kier alpha value is -2.92. The van der Waals surface area contributed by atoms with E-state index in [0.717, 1.165) is 23.1 Å². The lowest BCUT2D eigenvalue weighted by molar-refractivity contribution is -0.129. The molecule has 0 bridgehead atoms. The number of hydrogen-bond acceptors (Lipinski definition) is 7. The highest BCUT2D eigenvalue weighted by Gasteiger charge is 2.27. The Balaban J connectivity index is 1.76. The summed E-state index contributed by atoms with van der Waals surface area (Å²) in [6.07, 6.45) is 2.41. The number of morpholine rings is 1. The normalized spacial score (nSPS) is 14.2. The van der Waals surface area contributed by atoms with Crippen molar-refractivity contribution in [3.8, 4) is 5.75 Å². The van der Waals surface area contributed by atoms with Gasteiger partial charge in [-0.25, -0.2) is 13.9 Å². The molecule has 33 heavy (non-hydrogen) atoms. The molecular weight excluding hydrogens is 446 g/mol. The smallest absolute Gasteiger partial charge is 0.258 e. The van der Waals surface area contributed by atoms with Crippen LogP contribution in [0.2, 0.25) is 0 Å². The van der Waals surface area contributed by atoms with Crippen LogP contribution in [0.1, 0.15) is 12.0 Å². The summed E-state index contributed by atoms with van der Waals surface area (Å²) in [5, 5.41) is 8.95. The zero-order valence-corrected chi connectivity index (χ0v) is 19.2. The molecule has 10 heteroatoms. The number of carbonyl (C=O) groups is 1. The second-order valence-electron chi connectivity index (χ2n) is 7.47. The van der Waals surface area contributed by atoms with Gasteiger partial charge in [-0.15, -0.1) is 6.58 Å². The third kappa shape index (κ3) is 6.78. The van der Waals surface area contributed by atoms with Gasteiger partial charge in [0.2, 0.25) is 10.0 Å². The Bertz CT molecular complexity index is 1020. The van der Waals surface area contributed by atoms with Crippen molar-refractivity contribution in [1.29, 1.82) is 0 Å². The van der Waals surface area contributed by atoms with Crippen LogP contribution in [0.25, 0.3) is 0 Å². The Kier molecular flexibility index (Phi) is 8.84. The van der Waals surface area contributed by atoms with Crippen molar-refractivity contribution in [2.24, 2.45) is 0 Å². The van der Waals surface area contributed by atoms with E-state index in [1.165, 1.54) is 17.6 Å². The van der Waals surface area contributed by atoms with Crippen molar-refractivity contribution < 1.29 is 27.9 Å². The van der Waals surface area contributed by atoms with Crippen LogP contribution in [0.5, 0.6) is 5.75 Å². The van der Waals surface area contributed by atoms with Crippen molar-refractivity contribution in [3.05, 3.63) is 66.7 Å². The van der Waals surface area contributed by atoms with Gasteiger partial charge in [0.25, 0.3) is 5.91 Å². The van der Waals surface area contributed by atoms with Gasteiger partial charge in [-0.1, -0.05) is 18.2 Å². The van der Waals surface area contributed by atoms with Gasteiger partial charge in [0.1, 0.15) is 5.75 Å². The van der Waals surface area contributed by atoms with E-state index in [9.17, 15) is 13.2 Å². The molecule has 0 atom stereocenters. The number of nitrogens with zero attached hydrogens (tertiary/aromatic N) is 2. The Labute approximate surface area is 194 Å². The number of hydrogen-bond donors (Lipinski definition) is 2. The largest absolute Gasteiger partial charge is 0.493 e. The molecule has 1 aliphatic rings. The fraction of sp³-hybridized carbons (Fsp3) is 0.348. The minimum atomic E-state index is -4.01. The molecular formula is C23H29N3O6S. The van der Waals surface area contributed by atoms with E-state index < -0.39 is 22.5 Å². The van der Waals surface area contributed by atoms with Gasteiger partial charge in [-0.05, 0) is 48.4 Å². The predicted octanol–water partition coefficient (Wildman–Crippen LogP) is 2.17.